The molecular formula is C19H26O4. The Hall–Kier alpha value is -1.84. The average molecular weight is 318 g/mol. The van der Waals surface area contributed by atoms with Crippen LogP contribution in [0.5, 0.6) is 5.75 Å². The van der Waals surface area contributed by atoms with E-state index in [0.717, 1.165) is 24.8 Å². The normalized spacial score (nSPS) is 15.2. The van der Waals surface area contributed by atoms with E-state index in [2.05, 4.69) is 0 Å². The van der Waals surface area contributed by atoms with Crippen molar-refractivity contribution in [1.82, 2.24) is 0 Å². The molecule has 0 aromatic heterocycles. The Labute approximate surface area is 138 Å². The van der Waals surface area contributed by atoms with Gasteiger partial charge in [0, 0.05) is 0 Å². The van der Waals surface area contributed by atoms with Gasteiger partial charge in [-0.25, -0.2) is 0 Å². The van der Waals surface area contributed by atoms with E-state index >= 15 is 0 Å². The lowest BCUT2D eigenvalue weighted by Gasteiger charge is -2.20. The molecule has 2 rings (SSSR count). The first-order valence-electron chi connectivity index (χ1n) is 8.62. The molecule has 4 heteroatoms. The van der Waals surface area contributed by atoms with E-state index in [1.807, 2.05) is 25.1 Å². The summed E-state index contributed by atoms with van der Waals surface area (Å²) in [6.07, 6.45) is 7.05. The van der Waals surface area contributed by atoms with Gasteiger partial charge in [-0.2, -0.15) is 0 Å². The third-order valence-electron chi connectivity index (χ3n) is 4.28. The molecule has 0 unspecified atom stereocenters. The predicted molar refractivity (Wildman–Crippen MR) is 88.2 cm³/mol. The summed E-state index contributed by atoms with van der Waals surface area (Å²) < 4.78 is 10.5. The Morgan fingerprint density at radius 1 is 1.09 bits per heavy atom. The van der Waals surface area contributed by atoms with Crippen LogP contribution in [0.3, 0.4) is 0 Å². The first-order chi connectivity index (χ1) is 11.2. The Bertz CT molecular complexity index is 518. The molecular weight excluding hydrogens is 292 g/mol. The van der Waals surface area contributed by atoms with Gasteiger partial charge in [-0.05, 0) is 42.9 Å². The molecule has 0 heterocycles. The quantitative estimate of drug-likeness (QED) is 0.562. The van der Waals surface area contributed by atoms with Crippen LogP contribution in [-0.2, 0) is 20.7 Å². The number of carbonyl (C=O) groups excluding carboxylic acids is 2. The number of esters is 2. The van der Waals surface area contributed by atoms with Crippen molar-refractivity contribution < 1.29 is 19.1 Å². The van der Waals surface area contributed by atoms with Crippen LogP contribution in [0.15, 0.2) is 24.3 Å². The molecule has 23 heavy (non-hydrogen) atoms. The molecule has 1 aromatic rings. The zero-order chi connectivity index (χ0) is 16.5. The second-order valence-corrected chi connectivity index (χ2v) is 6.16. The summed E-state index contributed by atoms with van der Waals surface area (Å²) in [6.45, 7) is 2.54. The highest BCUT2D eigenvalue weighted by Gasteiger charge is 2.16. The standard InChI is InChI=1S/C19H26O4/c1-2-15-9-6-10-17(13-15)23-19(21)12-11-18(20)22-14-16-7-4-3-5-8-16/h6,9-10,13,16H,2-5,7-8,11-12,14H2,1H3. The van der Waals surface area contributed by atoms with Crippen molar-refractivity contribution in [3.63, 3.8) is 0 Å². The van der Waals surface area contributed by atoms with E-state index in [4.69, 9.17) is 9.47 Å². The minimum Gasteiger partial charge on any atom is -0.465 e. The Balaban J connectivity index is 1.65. The third kappa shape index (κ3) is 6.43. The molecule has 0 spiro atoms. The molecule has 4 nitrogen and oxygen atoms in total. The summed E-state index contributed by atoms with van der Waals surface area (Å²) in [5, 5.41) is 0. The maximum absolute atomic E-state index is 11.8. The molecule has 0 atom stereocenters. The van der Waals surface area contributed by atoms with Crippen molar-refractivity contribution >= 4 is 11.9 Å². The summed E-state index contributed by atoms with van der Waals surface area (Å²) in [7, 11) is 0. The number of rotatable bonds is 7. The minimum absolute atomic E-state index is 0.0554. The number of hydrogen-bond donors (Lipinski definition) is 0. The van der Waals surface area contributed by atoms with Crippen molar-refractivity contribution in [3.8, 4) is 5.75 Å². The van der Waals surface area contributed by atoms with Gasteiger partial charge in [-0.1, -0.05) is 38.3 Å². The van der Waals surface area contributed by atoms with Crippen molar-refractivity contribution in [2.24, 2.45) is 5.92 Å². The summed E-state index contributed by atoms with van der Waals surface area (Å²) in [5.74, 6) is 0.323. The van der Waals surface area contributed by atoms with Gasteiger partial charge >= 0.3 is 11.9 Å². The monoisotopic (exact) mass is 318 g/mol. The Morgan fingerprint density at radius 2 is 1.83 bits per heavy atom. The maximum Gasteiger partial charge on any atom is 0.311 e. The molecule has 1 fully saturated rings. The molecule has 1 aliphatic carbocycles. The SMILES string of the molecule is CCc1cccc(OC(=O)CCC(=O)OCC2CCCCC2)c1. The summed E-state index contributed by atoms with van der Waals surface area (Å²) in [5.41, 5.74) is 1.11. The second-order valence-electron chi connectivity index (χ2n) is 6.16. The van der Waals surface area contributed by atoms with E-state index in [1.165, 1.54) is 19.3 Å². The van der Waals surface area contributed by atoms with Crippen molar-refractivity contribution in [2.75, 3.05) is 6.61 Å². The van der Waals surface area contributed by atoms with E-state index < -0.39 is 5.97 Å². The Morgan fingerprint density at radius 3 is 2.57 bits per heavy atom. The van der Waals surface area contributed by atoms with Crippen LogP contribution in [0, 0.1) is 5.92 Å². The molecule has 0 N–H and O–H groups in total. The summed E-state index contributed by atoms with van der Waals surface area (Å²) >= 11 is 0. The molecule has 126 valence electrons. The van der Waals surface area contributed by atoms with Crippen LogP contribution in [0.25, 0.3) is 0 Å². The lowest BCUT2D eigenvalue weighted by molar-refractivity contribution is -0.148. The van der Waals surface area contributed by atoms with Gasteiger partial charge in [0.1, 0.15) is 5.75 Å². The van der Waals surface area contributed by atoms with E-state index in [0.29, 0.717) is 18.3 Å². The van der Waals surface area contributed by atoms with Gasteiger partial charge in [0.05, 0.1) is 19.4 Å². The topological polar surface area (TPSA) is 52.6 Å². The van der Waals surface area contributed by atoms with E-state index in [1.54, 1.807) is 6.07 Å². The third-order valence-corrected chi connectivity index (χ3v) is 4.28. The van der Waals surface area contributed by atoms with Gasteiger partial charge in [0.15, 0.2) is 0 Å². The zero-order valence-electron chi connectivity index (χ0n) is 13.9. The highest BCUT2D eigenvalue weighted by atomic mass is 16.5. The number of benzene rings is 1. The fourth-order valence-electron chi connectivity index (χ4n) is 2.85. The van der Waals surface area contributed by atoms with Crippen LogP contribution in [0.4, 0.5) is 0 Å². The summed E-state index contributed by atoms with van der Waals surface area (Å²) in [4.78, 5) is 23.5. The number of carbonyl (C=O) groups is 2. The van der Waals surface area contributed by atoms with Gasteiger partial charge in [-0.15, -0.1) is 0 Å². The van der Waals surface area contributed by atoms with Crippen LogP contribution in [0.2, 0.25) is 0 Å². The number of hydrogen-bond acceptors (Lipinski definition) is 4. The van der Waals surface area contributed by atoms with Crippen molar-refractivity contribution in [1.29, 1.82) is 0 Å². The zero-order valence-corrected chi connectivity index (χ0v) is 13.9. The van der Waals surface area contributed by atoms with Gasteiger partial charge < -0.3 is 9.47 Å². The first-order valence-corrected chi connectivity index (χ1v) is 8.62. The molecule has 0 bridgehead atoms. The lowest BCUT2D eigenvalue weighted by atomic mass is 9.90. The second kappa shape index (κ2) is 9.33. The molecule has 0 amide bonds. The van der Waals surface area contributed by atoms with Gasteiger partial charge in [0.2, 0.25) is 0 Å². The van der Waals surface area contributed by atoms with Crippen molar-refractivity contribution in [2.45, 2.75) is 58.3 Å². The fourth-order valence-corrected chi connectivity index (χ4v) is 2.85. The van der Waals surface area contributed by atoms with Crippen molar-refractivity contribution in [3.05, 3.63) is 29.8 Å². The van der Waals surface area contributed by atoms with Crippen LogP contribution < -0.4 is 4.74 Å². The smallest absolute Gasteiger partial charge is 0.311 e. The van der Waals surface area contributed by atoms with Gasteiger partial charge in [0.25, 0.3) is 0 Å². The summed E-state index contributed by atoms with van der Waals surface area (Å²) in [6, 6.07) is 7.44. The average Bonchev–Trinajstić information content (AvgIpc) is 2.59. The highest BCUT2D eigenvalue weighted by molar-refractivity contribution is 5.79. The molecule has 1 aromatic carbocycles. The molecule has 1 saturated carbocycles. The van der Waals surface area contributed by atoms with E-state index in [9.17, 15) is 9.59 Å². The molecule has 0 saturated heterocycles. The number of aryl methyl sites for hydroxylation is 1. The fraction of sp³-hybridized carbons (Fsp3) is 0.579. The van der Waals surface area contributed by atoms with Crippen LogP contribution in [-0.4, -0.2) is 18.5 Å². The molecule has 0 radical (unpaired) electrons. The largest absolute Gasteiger partial charge is 0.465 e. The molecule has 1 aliphatic rings. The Kier molecular flexibility index (Phi) is 7.11. The van der Waals surface area contributed by atoms with Crippen LogP contribution in [0.1, 0.15) is 57.4 Å². The lowest BCUT2D eigenvalue weighted by Crippen LogP contribution is -2.18. The maximum atomic E-state index is 11.8. The predicted octanol–water partition coefficient (Wildman–Crippen LogP) is 4.06. The first kappa shape index (κ1) is 17.5. The minimum atomic E-state index is -0.395. The van der Waals surface area contributed by atoms with Crippen LogP contribution >= 0.6 is 0 Å². The van der Waals surface area contributed by atoms with E-state index in [-0.39, 0.29) is 18.8 Å². The van der Waals surface area contributed by atoms with Gasteiger partial charge in [-0.3, -0.25) is 9.59 Å². The highest BCUT2D eigenvalue weighted by Crippen LogP contribution is 2.23. The number of ether oxygens (including phenoxy) is 2. The molecule has 0 aliphatic heterocycles.